The molecular formula is C12H20N8S. The van der Waals surface area contributed by atoms with Crippen molar-refractivity contribution in [2.24, 2.45) is 0 Å². The zero-order valence-electron chi connectivity index (χ0n) is 12.8. The Labute approximate surface area is 128 Å². The second-order valence-electron chi connectivity index (χ2n) is 5.06. The summed E-state index contributed by atoms with van der Waals surface area (Å²) in [5, 5.41) is 11.3. The number of hydrogen-bond donors (Lipinski definition) is 2. The number of aromatic nitrogens is 6. The molecular weight excluding hydrogens is 288 g/mol. The molecule has 0 aliphatic carbocycles. The van der Waals surface area contributed by atoms with Gasteiger partial charge in [0.2, 0.25) is 17.1 Å². The lowest BCUT2D eigenvalue weighted by atomic mass is 10.4. The lowest BCUT2D eigenvalue weighted by Crippen LogP contribution is -2.19. The second-order valence-corrected chi connectivity index (χ2v) is 5.83. The molecule has 0 bridgehead atoms. The van der Waals surface area contributed by atoms with Crippen LogP contribution < -0.4 is 10.6 Å². The highest BCUT2D eigenvalue weighted by Gasteiger charge is 2.11. The molecule has 0 saturated carbocycles. The van der Waals surface area contributed by atoms with Crippen LogP contribution in [0.2, 0.25) is 0 Å². The Balaban J connectivity index is 2.38. The molecule has 2 aromatic rings. The van der Waals surface area contributed by atoms with Crippen LogP contribution in [0.5, 0.6) is 0 Å². The lowest BCUT2D eigenvalue weighted by molar-refractivity contribution is 0.758. The molecule has 8 nitrogen and oxygen atoms in total. The van der Waals surface area contributed by atoms with Crippen molar-refractivity contribution in [3.05, 3.63) is 6.33 Å². The predicted molar refractivity (Wildman–Crippen MR) is 84.0 cm³/mol. The molecule has 0 amide bonds. The van der Waals surface area contributed by atoms with E-state index >= 15 is 0 Å². The zero-order valence-corrected chi connectivity index (χ0v) is 13.6. The van der Waals surface area contributed by atoms with Crippen LogP contribution in [0.15, 0.2) is 11.5 Å². The van der Waals surface area contributed by atoms with Gasteiger partial charge >= 0.3 is 0 Å². The molecule has 0 saturated heterocycles. The van der Waals surface area contributed by atoms with E-state index in [1.165, 1.54) is 11.8 Å². The van der Waals surface area contributed by atoms with Crippen LogP contribution in [0.25, 0.3) is 5.95 Å². The van der Waals surface area contributed by atoms with E-state index < -0.39 is 0 Å². The van der Waals surface area contributed by atoms with Gasteiger partial charge in [-0.15, -0.1) is 5.10 Å². The monoisotopic (exact) mass is 308 g/mol. The molecule has 2 rings (SSSR count). The standard InChI is InChI=1S/C12H20N8S/c1-7(2)14-9-16-10(15-8(3)4)18-11(17-9)20-6-13-12(19-20)21-5/h6-8H,1-5H3,(H2,14,15,16,17,18). The van der Waals surface area contributed by atoms with Gasteiger partial charge in [0, 0.05) is 12.1 Å². The fourth-order valence-corrected chi connectivity index (χ4v) is 1.87. The summed E-state index contributed by atoms with van der Waals surface area (Å²) in [7, 11) is 0. The van der Waals surface area contributed by atoms with Crippen molar-refractivity contribution >= 4 is 23.7 Å². The molecule has 21 heavy (non-hydrogen) atoms. The van der Waals surface area contributed by atoms with Crippen LogP contribution >= 0.6 is 11.8 Å². The highest BCUT2D eigenvalue weighted by Crippen LogP contribution is 2.12. The molecule has 0 aliphatic heterocycles. The van der Waals surface area contributed by atoms with Crippen molar-refractivity contribution in [2.75, 3.05) is 16.9 Å². The summed E-state index contributed by atoms with van der Waals surface area (Å²) in [6.07, 6.45) is 3.52. The van der Waals surface area contributed by atoms with Crippen molar-refractivity contribution in [1.82, 2.24) is 29.7 Å². The number of nitrogens with one attached hydrogen (secondary N) is 2. The Morgan fingerprint density at radius 1 is 1.00 bits per heavy atom. The summed E-state index contributed by atoms with van der Waals surface area (Å²) in [6, 6.07) is 0.453. The average molecular weight is 308 g/mol. The largest absolute Gasteiger partial charge is 0.352 e. The van der Waals surface area contributed by atoms with Crippen LogP contribution in [-0.4, -0.2) is 48.1 Å². The van der Waals surface area contributed by atoms with E-state index in [0.717, 1.165) is 0 Å². The van der Waals surface area contributed by atoms with Gasteiger partial charge in [0.05, 0.1) is 0 Å². The van der Waals surface area contributed by atoms with Crippen LogP contribution in [0, 0.1) is 0 Å². The molecule has 0 aliphatic rings. The van der Waals surface area contributed by atoms with Crippen molar-refractivity contribution in [1.29, 1.82) is 0 Å². The van der Waals surface area contributed by atoms with Crippen LogP contribution in [0.3, 0.4) is 0 Å². The van der Waals surface area contributed by atoms with Gasteiger partial charge in [-0.3, -0.25) is 0 Å². The minimum absolute atomic E-state index is 0.227. The molecule has 2 N–H and O–H groups in total. The second kappa shape index (κ2) is 6.70. The van der Waals surface area contributed by atoms with E-state index in [9.17, 15) is 0 Å². The highest BCUT2D eigenvalue weighted by molar-refractivity contribution is 7.98. The average Bonchev–Trinajstić information content (AvgIpc) is 2.85. The Kier molecular flexibility index (Phi) is 4.94. The van der Waals surface area contributed by atoms with Crippen LogP contribution in [-0.2, 0) is 0 Å². The summed E-state index contributed by atoms with van der Waals surface area (Å²) < 4.78 is 1.55. The smallest absolute Gasteiger partial charge is 0.258 e. The van der Waals surface area contributed by atoms with E-state index in [1.54, 1.807) is 11.0 Å². The van der Waals surface area contributed by atoms with Crippen molar-refractivity contribution in [2.45, 2.75) is 44.9 Å². The molecule has 0 radical (unpaired) electrons. The van der Waals surface area contributed by atoms with E-state index in [-0.39, 0.29) is 12.1 Å². The summed E-state index contributed by atoms with van der Waals surface area (Å²) in [6.45, 7) is 8.11. The molecule has 0 spiro atoms. The Morgan fingerprint density at radius 3 is 2.00 bits per heavy atom. The molecule has 2 heterocycles. The maximum atomic E-state index is 4.38. The summed E-state index contributed by atoms with van der Waals surface area (Å²) in [5.41, 5.74) is 0. The first kappa shape index (κ1) is 15.5. The molecule has 9 heteroatoms. The summed E-state index contributed by atoms with van der Waals surface area (Å²) in [5.74, 6) is 1.46. The first-order valence-electron chi connectivity index (χ1n) is 6.73. The van der Waals surface area contributed by atoms with E-state index in [1.807, 2.05) is 34.0 Å². The van der Waals surface area contributed by atoms with Gasteiger partial charge < -0.3 is 10.6 Å². The minimum Gasteiger partial charge on any atom is -0.352 e. The van der Waals surface area contributed by atoms with Gasteiger partial charge in [0.15, 0.2) is 0 Å². The predicted octanol–water partition coefficient (Wildman–Crippen LogP) is 1.81. The van der Waals surface area contributed by atoms with E-state index in [2.05, 4.69) is 35.7 Å². The number of thioether (sulfide) groups is 1. The van der Waals surface area contributed by atoms with Gasteiger partial charge in [-0.05, 0) is 34.0 Å². The summed E-state index contributed by atoms with van der Waals surface area (Å²) >= 11 is 1.47. The molecule has 0 aromatic carbocycles. The highest BCUT2D eigenvalue weighted by atomic mass is 32.2. The third-order valence-electron chi connectivity index (χ3n) is 2.32. The SMILES string of the molecule is CSc1ncn(-c2nc(NC(C)C)nc(NC(C)C)n2)n1. The third kappa shape index (κ3) is 4.28. The minimum atomic E-state index is 0.227. The quantitative estimate of drug-likeness (QED) is 0.780. The Bertz CT molecular complexity index is 566. The topological polar surface area (TPSA) is 93.4 Å². The number of anilines is 2. The first-order chi connectivity index (χ1) is 9.97. The normalized spacial score (nSPS) is 11.2. The molecule has 114 valence electrons. The van der Waals surface area contributed by atoms with E-state index in [4.69, 9.17) is 0 Å². The molecule has 0 fully saturated rings. The van der Waals surface area contributed by atoms with Crippen LogP contribution in [0.1, 0.15) is 27.7 Å². The molecule has 0 unspecified atom stereocenters. The maximum absolute atomic E-state index is 4.38. The van der Waals surface area contributed by atoms with Crippen molar-refractivity contribution in [3.8, 4) is 5.95 Å². The fourth-order valence-electron chi connectivity index (χ4n) is 1.55. The van der Waals surface area contributed by atoms with Gasteiger partial charge in [-0.2, -0.15) is 19.6 Å². The van der Waals surface area contributed by atoms with Gasteiger partial charge in [-0.25, -0.2) is 4.98 Å². The maximum Gasteiger partial charge on any atom is 0.258 e. The van der Waals surface area contributed by atoms with Gasteiger partial charge in [-0.1, -0.05) is 11.8 Å². The third-order valence-corrected chi connectivity index (χ3v) is 2.87. The van der Waals surface area contributed by atoms with E-state index in [0.29, 0.717) is 23.0 Å². The number of nitrogens with zero attached hydrogens (tertiary/aromatic N) is 6. The van der Waals surface area contributed by atoms with Crippen molar-refractivity contribution < 1.29 is 0 Å². The lowest BCUT2D eigenvalue weighted by Gasteiger charge is -2.13. The first-order valence-corrected chi connectivity index (χ1v) is 7.95. The van der Waals surface area contributed by atoms with Gasteiger partial charge in [0.1, 0.15) is 6.33 Å². The Hall–Kier alpha value is -1.90. The molecule has 0 atom stereocenters. The van der Waals surface area contributed by atoms with Crippen molar-refractivity contribution in [3.63, 3.8) is 0 Å². The zero-order chi connectivity index (χ0) is 15.4. The van der Waals surface area contributed by atoms with Crippen LogP contribution in [0.4, 0.5) is 11.9 Å². The Morgan fingerprint density at radius 2 is 1.57 bits per heavy atom. The number of hydrogen-bond acceptors (Lipinski definition) is 8. The fraction of sp³-hybridized carbons (Fsp3) is 0.583. The van der Waals surface area contributed by atoms with Gasteiger partial charge in [0.25, 0.3) is 5.95 Å². The summed E-state index contributed by atoms with van der Waals surface area (Å²) in [4.78, 5) is 17.3. The molecule has 2 aromatic heterocycles. The number of rotatable bonds is 6.